The summed E-state index contributed by atoms with van der Waals surface area (Å²) in [7, 11) is -1.53. The highest BCUT2D eigenvalue weighted by Crippen LogP contribution is 2.27. The molecule has 56 valence electrons. The Bertz CT molecular complexity index is 79.0. The average Bonchev–Trinajstić information content (AvgIpc) is 1.14. The van der Waals surface area contributed by atoms with Crippen LogP contribution < -0.4 is 0 Å². The molecule has 0 aliphatic rings. The molecule has 5 heteroatoms. The summed E-state index contributed by atoms with van der Waals surface area (Å²) in [6.07, 6.45) is 0. The normalized spacial score (nSPS) is 15.3. The van der Waals surface area contributed by atoms with Crippen LogP contribution in [0.15, 0.2) is 0 Å². The molecular formula is C4H11Cl3Si2. The van der Waals surface area contributed by atoms with E-state index in [0.717, 1.165) is 0 Å². The van der Waals surface area contributed by atoms with Gasteiger partial charge in [0.25, 0.3) is 0 Å². The van der Waals surface area contributed by atoms with Gasteiger partial charge < -0.3 is 0 Å². The second-order valence-corrected chi connectivity index (χ2v) is 21.2. The quantitative estimate of drug-likeness (QED) is 0.471. The van der Waals surface area contributed by atoms with Crippen molar-refractivity contribution in [3.63, 3.8) is 0 Å². The fraction of sp³-hybridized carbons (Fsp3) is 1.00. The Morgan fingerprint density at radius 1 is 1.11 bits per heavy atom. The van der Waals surface area contributed by atoms with Crippen molar-refractivity contribution < 1.29 is 0 Å². The van der Waals surface area contributed by atoms with Gasteiger partial charge in [-0.25, -0.2) is 0 Å². The Morgan fingerprint density at radius 3 is 1.44 bits per heavy atom. The third-order valence-electron chi connectivity index (χ3n) is 0.731. The van der Waals surface area contributed by atoms with E-state index in [1.807, 2.05) is 0 Å². The Labute approximate surface area is 74.5 Å². The SMILES string of the molecule is C[Si](C)(C)[SiH2]C(Cl)(Cl)Cl. The summed E-state index contributed by atoms with van der Waals surface area (Å²) in [5, 5.41) is 0. The maximum Gasteiger partial charge on any atom is 0.167 e. The van der Waals surface area contributed by atoms with Crippen molar-refractivity contribution in [2.75, 3.05) is 0 Å². The molecule has 9 heavy (non-hydrogen) atoms. The summed E-state index contributed by atoms with van der Waals surface area (Å²) in [4.78, 5) is 0. The zero-order chi connectivity index (χ0) is 7.71. The Morgan fingerprint density at radius 2 is 1.44 bits per heavy atom. The number of hydrogen-bond donors (Lipinski definition) is 0. The Balaban J connectivity index is 3.75. The van der Waals surface area contributed by atoms with Gasteiger partial charge in [0.1, 0.15) is 0 Å². The largest absolute Gasteiger partial charge is 0.167 e. The van der Waals surface area contributed by atoms with Gasteiger partial charge in [0.05, 0.1) is 9.04 Å². The van der Waals surface area contributed by atoms with Crippen LogP contribution in [0.3, 0.4) is 0 Å². The van der Waals surface area contributed by atoms with E-state index in [1.54, 1.807) is 0 Å². The molecular weight excluding hydrogens is 211 g/mol. The predicted molar refractivity (Wildman–Crippen MR) is 52.2 cm³/mol. The van der Waals surface area contributed by atoms with Crippen LogP contribution in [0.1, 0.15) is 0 Å². The molecule has 0 fully saturated rings. The first kappa shape index (κ1) is 10.3. The van der Waals surface area contributed by atoms with Gasteiger partial charge in [0.15, 0.2) is 3.42 Å². The molecule has 0 saturated heterocycles. The Hall–Kier alpha value is 1.30. The number of halogens is 3. The molecule has 0 rings (SSSR count). The molecule has 0 saturated carbocycles. The molecule has 0 aromatic heterocycles. The second-order valence-electron chi connectivity index (χ2n) is 3.35. The monoisotopic (exact) mass is 220 g/mol. The van der Waals surface area contributed by atoms with Crippen LogP contribution >= 0.6 is 34.8 Å². The fourth-order valence-corrected chi connectivity index (χ4v) is 16.2. The molecule has 0 nitrogen and oxygen atoms in total. The predicted octanol–water partition coefficient (Wildman–Crippen LogP) is 2.32. The molecule has 0 heterocycles. The summed E-state index contributed by atoms with van der Waals surface area (Å²) < 4.78 is -0.898. The van der Waals surface area contributed by atoms with Crippen molar-refractivity contribution in [3.8, 4) is 0 Å². The van der Waals surface area contributed by atoms with Crippen LogP contribution in [-0.4, -0.2) is 20.0 Å². The lowest BCUT2D eigenvalue weighted by Gasteiger charge is -2.20. The minimum absolute atomic E-state index is 0.477. The number of alkyl halides is 3. The summed E-state index contributed by atoms with van der Waals surface area (Å²) in [5.74, 6) is 0. The Kier molecular flexibility index (Phi) is 3.59. The lowest BCUT2D eigenvalue weighted by molar-refractivity contribution is 1.69. The van der Waals surface area contributed by atoms with Gasteiger partial charge in [0.2, 0.25) is 0 Å². The lowest BCUT2D eigenvalue weighted by atomic mass is 11.8. The first-order valence-corrected chi connectivity index (χ1v) is 10.4. The first-order chi connectivity index (χ1) is 3.71. The minimum Gasteiger partial charge on any atom is -0.0893 e. The molecule has 0 aromatic rings. The van der Waals surface area contributed by atoms with Crippen molar-refractivity contribution in [1.82, 2.24) is 0 Å². The van der Waals surface area contributed by atoms with Crippen molar-refractivity contribution in [2.45, 2.75) is 23.1 Å². The van der Waals surface area contributed by atoms with Crippen LogP contribution in [0.4, 0.5) is 0 Å². The van der Waals surface area contributed by atoms with Gasteiger partial charge in [-0.15, -0.1) is 0 Å². The highest BCUT2D eigenvalue weighted by molar-refractivity contribution is 7.29. The van der Waals surface area contributed by atoms with Crippen molar-refractivity contribution in [3.05, 3.63) is 0 Å². The standard InChI is InChI=1S/C4H11Cl3Si2/c1-9(2,3)8-4(5,6)7/h8H2,1-3H3. The van der Waals surface area contributed by atoms with E-state index >= 15 is 0 Å². The molecule has 0 spiro atoms. The maximum atomic E-state index is 5.65. The molecule has 0 aromatic carbocycles. The van der Waals surface area contributed by atoms with Gasteiger partial charge in [0, 0.05) is 7.59 Å². The zero-order valence-electron chi connectivity index (χ0n) is 5.84. The van der Waals surface area contributed by atoms with Gasteiger partial charge in [-0.2, -0.15) is 0 Å². The van der Waals surface area contributed by atoms with Gasteiger partial charge >= 0.3 is 0 Å². The molecule has 0 N–H and O–H groups in total. The van der Waals surface area contributed by atoms with Crippen molar-refractivity contribution >= 4 is 51.4 Å². The molecule has 0 radical (unpaired) electrons. The van der Waals surface area contributed by atoms with Crippen molar-refractivity contribution in [2.24, 2.45) is 0 Å². The number of rotatable bonds is 1. The van der Waals surface area contributed by atoms with E-state index in [0.29, 0.717) is 0 Å². The molecule has 0 unspecified atom stereocenters. The lowest BCUT2D eigenvalue weighted by Crippen LogP contribution is -2.38. The molecule has 0 aliphatic heterocycles. The van der Waals surface area contributed by atoms with E-state index in [-0.39, 0.29) is 0 Å². The second kappa shape index (κ2) is 3.14. The van der Waals surface area contributed by atoms with E-state index in [1.165, 1.54) is 0 Å². The van der Waals surface area contributed by atoms with Crippen LogP contribution in [0.5, 0.6) is 0 Å². The molecule has 0 atom stereocenters. The summed E-state index contributed by atoms with van der Waals surface area (Å²) in [6.45, 7) is 6.71. The first-order valence-electron chi connectivity index (χ1n) is 2.77. The van der Waals surface area contributed by atoms with Crippen LogP contribution in [0.25, 0.3) is 0 Å². The van der Waals surface area contributed by atoms with Crippen molar-refractivity contribution in [1.29, 1.82) is 0 Å². The van der Waals surface area contributed by atoms with Gasteiger partial charge in [-0.1, -0.05) is 54.4 Å². The highest BCUT2D eigenvalue weighted by Gasteiger charge is 2.29. The third kappa shape index (κ3) is 9.30. The van der Waals surface area contributed by atoms with E-state index in [4.69, 9.17) is 34.8 Å². The highest BCUT2D eigenvalue weighted by atomic mass is 35.6. The molecule has 0 aliphatic carbocycles. The van der Waals surface area contributed by atoms with Crippen LogP contribution in [0.2, 0.25) is 19.6 Å². The third-order valence-corrected chi connectivity index (χ3v) is 10.2. The van der Waals surface area contributed by atoms with E-state index in [9.17, 15) is 0 Å². The summed E-state index contributed by atoms with van der Waals surface area (Å²) in [6, 6.07) is 0. The smallest absolute Gasteiger partial charge is 0.0893 e. The van der Waals surface area contributed by atoms with Gasteiger partial charge in [-0.05, 0) is 0 Å². The maximum absolute atomic E-state index is 5.65. The topological polar surface area (TPSA) is 0 Å². The molecule has 0 amide bonds. The number of hydrogen-bond acceptors (Lipinski definition) is 0. The van der Waals surface area contributed by atoms with Gasteiger partial charge in [-0.3, -0.25) is 0 Å². The fourth-order valence-electron chi connectivity index (χ4n) is 0.601. The van der Waals surface area contributed by atoms with E-state index < -0.39 is 20.0 Å². The summed E-state index contributed by atoms with van der Waals surface area (Å²) in [5.41, 5.74) is 0. The molecule has 0 bridgehead atoms. The zero-order valence-corrected chi connectivity index (χ0v) is 10.5. The van der Waals surface area contributed by atoms with E-state index in [2.05, 4.69) is 19.6 Å². The average molecular weight is 222 g/mol. The van der Waals surface area contributed by atoms with Crippen LogP contribution in [0, 0.1) is 0 Å². The summed E-state index contributed by atoms with van der Waals surface area (Å²) >= 11 is 16.9. The van der Waals surface area contributed by atoms with Crippen LogP contribution in [-0.2, 0) is 0 Å². The minimum atomic E-state index is -1.05.